The summed E-state index contributed by atoms with van der Waals surface area (Å²) in [5, 5.41) is 15.5. The molecule has 0 aliphatic carbocycles. The van der Waals surface area contributed by atoms with Crippen LogP contribution in [0, 0.1) is 0 Å². The molecule has 270 valence electrons. The largest absolute Gasteiger partial charge is 0.458 e. The molecule has 0 unspecified atom stereocenters. The number of hydrogen-bond donors (Lipinski definition) is 3. The van der Waals surface area contributed by atoms with E-state index in [2.05, 4.69) is 31.5 Å². The van der Waals surface area contributed by atoms with E-state index in [9.17, 15) is 19.5 Å². The summed E-state index contributed by atoms with van der Waals surface area (Å²) in [6, 6.07) is 7.64. The van der Waals surface area contributed by atoms with E-state index >= 15 is 0 Å². The maximum atomic E-state index is 13.0. The van der Waals surface area contributed by atoms with Crippen LogP contribution < -0.4 is 16.3 Å². The number of carbonyl (C=O) groups excluding carboxylic acids is 3. The fourth-order valence-corrected chi connectivity index (χ4v) is 5.60. The van der Waals surface area contributed by atoms with Crippen molar-refractivity contribution in [3.8, 4) is 0 Å². The first-order valence-corrected chi connectivity index (χ1v) is 17.1. The molecule has 14 nitrogen and oxygen atoms in total. The summed E-state index contributed by atoms with van der Waals surface area (Å²) in [6.07, 6.45) is -0.109. The zero-order chi connectivity index (χ0) is 36.1. The molecule has 1 aromatic heterocycles. The number of carbonyl (C=O) groups is 3. The van der Waals surface area contributed by atoms with E-state index in [1.165, 1.54) is 0 Å². The molecular weight excluding hydrogens is 702 g/mol. The van der Waals surface area contributed by atoms with E-state index < -0.39 is 59.6 Å². The monoisotopic (exact) mass is 749 g/mol. The van der Waals surface area contributed by atoms with Crippen LogP contribution in [0.2, 0.25) is 0 Å². The number of aliphatic hydroxyl groups is 1. The van der Waals surface area contributed by atoms with E-state index in [-0.39, 0.29) is 36.9 Å². The van der Waals surface area contributed by atoms with Crippen molar-refractivity contribution in [2.45, 2.75) is 122 Å². The number of esters is 1. The number of rotatable bonds is 11. The number of hydrogen-bond acceptors (Lipinski definition) is 11. The fraction of sp³-hybridized carbons (Fsp3) is 0.618. The van der Waals surface area contributed by atoms with Crippen molar-refractivity contribution in [3.63, 3.8) is 0 Å². The summed E-state index contributed by atoms with van der Waals surface area (Å²) in [5.74, 6) is -1.52. The van der Waals surface area contributed by atoms with Crippen molar-refractivity contribution in [1.29, 1.82) is 0 Å². The third-order valence-electron chi connectivity index (χ3n) is 7.31. The maximum Gasteiger partial charge on any atom is 0.408 e. The van der Waals surface area contributed by atoms with Gasteiger partial charge in [0, 0.05) is 22.8 Å². The summed E-state index contributed by atoms with van der Waals surface area (Å²) >= 11 is 3.38. The summed E-state index contributed by atoms with van der Waals surface area (Å²) in [4.78, 5) is 47.8. The first kappa shape index (κ1) is 38.4. The van der Waals surface area contributed by atoms with Crippen LogP contribution in [0.25, 0.3) is 0 Å². The minimum atomic E-state index is -0.920. The first-order chi connectivity index (χ1) is 22.8. The molecule has 4 rings (SSSR count). The summed E-state index contributed by atoms with van der Waals surface area (Å²) in [7, 11) is 0. The van der Waals surface area contributed by atoms with E-state index in [0.717, 1.165) is 4.47 Å². The predicted octanol–water partition coefficient (Wildman–Crippen LogP) is 4.61. The van der Waals surface area contributed by atoms with Crippen molar-refractivity contribution in [2.24, 2.45) is 4.99 Å². The summed E-state index contributed by atoms with van der Waals surface area (Å²) in [6.45, 7) is 14.1. The van der Waals surface area contributed by atoms with Crippen molar-refractivity contribution in [1.82, 2.24) is 14.9 Å². The number of amides is 2. The highest BCUT2D eigenvalue weighted by Gasteiger charge is 2.55. The highest BCUT2D eigenvalue weighted by Crippen LogP contribution is 2.42. The number of halogens is 1. The Morgan fingerprint density at radius 1 is 1.02 bits per heavy atom. The Hall–Kier alpha value is -3.37. The average molecular weight is 751 g/mol. The highest BCUT2D eigenvalue weighted by molar-refractivity contribution is 9.10. The molecule has 0 radical (unpaired) electrons. The van der Waals surface area contributed by atoms with Crippen LogP contribution in [0.3, 0.4) is 0 Å². The minimum Gasteiger partial charge on any atom is -0.458 e. The number of benzene rings is 1. The quantitative estimate of drug-likeness (QED) is 0.218. The van der Waals surface area contributed by atoms with Gasteiger partial charge in [0.15, 0.2) is 12.0 Å². The number of nitrogens with one attached hydrogen (secondary N) is 2. The Balaban J connectivity index is 1.54. The molecule has 15 heteroatoms. The van der Waals surface area contributed by atoms with Crippen LogP contribution in [-0.2, 0) is 28.5 Å². The number of unbranched alkanes of at least 4 members (excludes halogenated alkanes) is 1. The number of ether oxygens (including phenoxy) is 5. The van der Waals surface area contributed by atoms with Gasteiger partial charge >= 0.3 is 12.1 Å². The molecule has 1 aromatic carbocycles. The molecule has 3 heterocycles. The molecule has 0 bridgehead atoms. The molecule has 3 N–H and O–H groups in total. The van der Waals surface area contributed by atoms with E-state index in [0.29, 0.717) is 18.4 Å². The number of alkyl carbamates (subject to hydrolysis) is 1. The van der Waals surface area contributed by atoms with E-state index in [1.54, 1.807) is 96.5 Å². The second kappa shape index (κ2) is 15.7. The molecule has 2 amide bonds. The van der Waals surface area contributed by atoms with Crippen LogP contribution in [0.4, 0.5) is 10.6 Å². The molecule has 2 saturated heterocycles. The lowest BCUT2D eigenvalue weighted by Crippen LogP contribution is -2.46. The summed E-state index contributed by atoms with van der Waals surface area (Å²) in [5.41, 5.74) is -0.773. The van der Waals surface area contributed by atoms with Gasteiger partial charge in [-0.2, -0.15) is 4.98 Å². The van der Waals surface area contributed by atoms with E-state index in [1.807, 2.05) is 0 Å². The number of fused-ring (bicyclic) bond motifs is 1. The lowest BCUT2D eigenvalue weighted by Gasteiger charge is -2.26. The Morgan fingerprint density at radius 3 is 2.31 bits per heavy atom. The van der Waals surface area contributed by atoms with Crippen LogP contribution in [0.1, 0.15) is 91.2 Å². The predicted molar refractivity (Wildman–Crippen MR) is 182 cm³/mol. The number of aliphatic hydroxyl groups excluding tert-OH is 1. The molecular formula is C34H48BrN5O9. The average Bonchev–Trinajstić information content (AvgIpc) is 3.47. The number of nitrogens with zero attached hydrogens (tertiary/aromatic N) is 3. The van der Waals surface area contributed by atoms with Crippen molar-refractivity contribution in [2.75, 3.05) is 18.5 Å². The standard InChI is InChI=1S/C34H48BrN5O9/c1-32(2,3)48-29(43)22(37-31(44)49-33(4,5)6)11-9-10-17-36-30-39-24(38-27(42)20-12-14-21(35)15-13-20)16-18-40(30)28-26-25(23(19-41)45-28)46-34(7,8)47-26/h12-16,18,22-23,25-26,28,41H,9-11,17,19H2,1-8H3,(H,37,44)(H,36,38,39,42)/t22-,23+,25+,26+,28+/m0/s1. The fourth-order valence-electron chi connectivity index (χ4n) is 5.34. The maximum absolute atomic E-state index is 13.0. The topological polar surface area (TPSA) is 172 Å². The Labute approximate surface area is 295 Å². The SMILES string of the molecule is CC(C)(C)OC(=O)N[C@@H](CCCCN=c1nc(NC(=O)c2ccc(Br)cc2)ccn1[C@@H]1O[C@H](CO)[C@H]2OC(C)(C)O[C@H]21)C(=O)OC(C)(C)C. The van der Waals surface area contributed by atoms with Gasteiger partial charge in [0.25, 0.3) is 5.91 Å². The number of aromatic nitrogens is 2. The Kier molecular flexibility index (Phi) is 12.3. The van der Waals surface area contributed by atoms with Gasteiger partial charge in [-0.3, -0.25) is 14.4 Å². The van der Waals surface area contributed by atoms with Gasteiger partial charge in [-0.1, -0.05) is 15.9 Å². The van der Waals surface area contributed by atoms with Crippen LogP contribution in [0.5, 0.6) is 0 Å². The molecule has 0 saturated carbocycles. The lowest BCUT2D eigenvalue weighted by atomic mass is 10.1. The highest BCUT2D eigenvalue weighted by atomic mass is 79.9. The third kappa shape index (κ3) is 11.1. The first-order valence-electron chi connectivity index (χ1n) is 16.3. The molecule has 2 aromatic rings. The molecule has 5 atom stereocenters. The lowest BCUT2D eigenvalue weighted by molar-refractivity contribution is -0.200. The Bertz CT molecular complexity index is 1550. The van der Waals surface area contributed by atoms with Gasteiger partial charge in [-0.05, 0) is 105 Å². The normalized spacial score (nSPS) is 22.7. The molecule has 2 fully saturated rings. The molecule has 2 aliphatic heterocycles. The second-order valence-corrected chi connectivity index (χ2v) is 15.3. The van der Waals surface area contributed by atoms with Gasteiger partial charge in [-0.15, -0.1) is 0 Å². The third-order valence-corrected chi connectivity index (χ3v) is 7.84. The minimum absolute atomic E-state index is 0.250. The van der Waals surface area contributed by atoms with Gasteiger partial charge in [0.2, 0.25) is 5.62 Å². The second-order valence-electron chi connectivity index (χ2n) is 14.4. The van der Waals surface area contributed by atoms with Gasteiger partial charge in [0.05, 0.1) is 6.61 Å². The molecule has 2 aliphatic rings. The van der Waals surface area contributed by atoms with Crippen molar-refractivity contribution < 1.29 is 43.2 Å². The van der Waals surface area contributed by atoms with Crippen molar-refractivity contribution >= 4 is 39.7 Å². The van der Waals surface area contributed by atoms with Gasteiger partial charge in [0.1, 0.15) is 41.4 Å². The van der Waals surface area contributed by atoms with Crippen LogP contribution in [-0.4, -0.2) is 87.1 Å². The van der Waals surface area contributed by atoms with Crippen LogP contribution in [0.15, 0.2) is 46.0 Å². The van der Waals surface area contributed by atoms with Gasteiger partial charge in [-0.25, -0.2) is 9.59 Å². The Morgan fingerprint density at radius 2 is 1.67 bits per heavy atom. The zero-order valence-electron chi connectivity index (χ0n) is 29.3. The molecule has 0 spiro atoms. The smallest absolute Gasteiger partial charge is 0.408 e. The number of anilines is 1. The zero-order valence-corrected chi connectivity index (χ0v) is 30.9. The molecule has 49 heavy (non-hydrogen) atoms. The summed E-state index contributed by atoms with van der Waals surface area (Å²) < 4.78 is 31.8. The van der Waals surface area contributed by atoms with Crippen LogP contribution >= 0.6 is 15.9 Å². The van der Waals surface area contributed by atoms with E-state index in [4.69, 9.17) is 28.7 Å². The van der Waals surface area contributed by atoms with Crippen molar-refractivity contribution in [3.05, 3.63) is 52.2 Å². The van der Waals surface area contributed by atoms with Gasteiger partial charge < -0.3 is 39.4 Å².